The average Bonchev–Trinajstić information content (AvgIpc) is 2.72. The van der Waals surface area contributed by atoms with Gasteiger partial charge in [-0.05, 0) is 40.6 Å². The van der Waals surface area contributed by atoms with E-state index in [9.17, 15) is 9.59 Å². The molecule has 3 rings (SSSR count). The fraction of sp³-hybridized carbons (Fsp3) is 0.136. The molecule has 0 saturated carbocycles. The van der Waals surface area contributed by atoms with Crippen molar-refractivity contribution in [1.82, 2.24) is 10.6 Å². The van der Waals surface area contributed by atoms with Gasteiger partial charge in [0.25, 0.3) is 5.91 Å². The van der Waals surface area contributed by atoms with Crippen LogP contribution in [0.2, 0.25) is 0 Å². The van der Waals surface area contributed by atoms with Crippen LogP contribution in [-0.2, 0) is 11.3 Å². The SMILES string of the molecule is N#Cc1cccc(CNC(=O)CCNC(=O)c2ccc3ccccc3c2)c1. The van der Waals surface area contributed by atoms with Gasteiger partial charge in [-0.1, -0.05) is 42.5 Å². The highest BCUT2D eigenvalue weighted by Crippen LogP contribution is 2.15. The third kappa shape index (κ3) is 4.93. The molecule has 134 valence electrons. The van der Waals surface area contributed by atoms with Crippen LogP contribution in [0.5, 0.6) is 0 Å². The lowest BCUT2D eigenvalue weighted by molar-refractivity contribution is -0.121. The van der Waals surface area contributed by atoms with Gasteiger partial charge in [-0.3, -0.25) is 9.59 Å². The molecule has 0 unspecified atom stereocenters. The molecule has 27 heavy (non-hydrogen) atoms. The van der Waals surface area contributed by atoms with Crippen molar-refractivity contribution < 1.29 is 9.59 Å². The first kappa shape index (κ1) is 18.2. The molecule has 0 aliphatic rings. The fourth-order valence-electron chi connectivity index (χ4n) is 2.76. The Hall–Kier alpha value is -3.65. The largest absolute Gasteiger partial charge is 0.352 e. The van der Waals surface area contributed by atoms with E-state index >= 15 is 0 Å². The number of amides is 2. The van der Waals surface area contributed by atoms with Crippen molar-refractivity contribution in [3.8, 4) is 6.07 Å². The van der Waals surface area contributed by atoms with Gasteiger partial charge in [0.05, 0.1) is 11.6 Å². The van der Waals surface area contributed by atoms with E-state index in [1.165, 1.54) is 0 Å². The molecule has 2 amide bonds. The summed E-state index contributed by atoms with van der Waals surface area (Å²) in [6, 6.07) is 22.5. The zero-order valence-electron chi connectivity index (χ0n) is 14.7. The molecule has 0 radical (unpaired) electrons. The summed E-state index contributed by atoms with van der Waals surface area (Å²) >= 11 is 0. The number of carbonyl (C=O) groups is 2. The molecule has 3 aromatic carbocycles. The Balaban J connectivity index is 1.46. The first-order valence-corrected chi connectivity index (χ1v) is 8.68. The number of hydrogen-bond acceptors (Lipinski definition) is 3. The van der Waals surface area contributed by atoms with Gasteiger partial charge in [-0.15, -0.1) is 0 Å². The smallest absolute Gasteiger partial charge is 0.251 e. The molecule has 2 N–H and O–H groups in total. The molecule has 0 aliphatic carbocycles. The van der Waals surface area contributed by atoms with E-state index in [0.717, 1.165) is 16.3 Å². The Morgan fingerprint density at radius 1 is 0.889 bits per heavy atom. The van der Waals surface area contributed by atoms with Gasteiger partial charge in [0.15, 0.2) is 0 Å². The lowest BCUT2D eigenvalue weighted by Crippen LogP contribution is -2.30. The molecule has 0 aromatic heterocycles. The van der Waals surface area contributed by atoms with Crippen molar-refractivity contribution in [3.05, 3.63) is 83.4 Å². The minimum absolute atomic E-state index is 0.156. The van der Waals surface area contributed by atoms with Gasteiger partial charge in [-0.2, -0.15) is 5.26 Å². The number of nitrogens with one attached hydrogen (secondary N) is 2. The second-order valence-electron chi connectivity index (χ2n) is 6.16. The first-order chi connectivity index (χ1) is 13.2. The molecule has 0 fully saturated rings. The molecule has 0 saturated heterocycles. The third-order valence-corrected chi connectivity index (χ3v) is 4.20. The van der Waals surface area contributed by atoms with Crippen LogP contribution in [0.15, 0.2) is 66.7 Å². The number of carbonyl (C=O) groups excluding carboxylic acids is 2. The van der Waals surface area contributed by atoms with E-state index in [4.69, 9.17) is 5.26 Å². The van der Waals surface area contributed by atoms with Gasteiger partial charge in [0.1, 0.15) is 0 Å². The van der Waals surface area contributed by atoms with Crippen LogP contribution in [0.3, 0.4) is 0 Å². The Morgan fingerprint density at radius 2 is 1.70 bits per heavy atom. The summed E-state index contributed by atoms with van der Waals surface area (Å²) in [5.74, 6) is -0.355. The van der Waals surface area contributed by atoms with Crippen molar-refractivity contribution in [2.24, 2.45) is 0 Å². The Bertz CT molecular complexity index is 1020. The third-order valence-electron chi connectivity index (χ3n) is 4.20. The molecular weight excluding hydrogens is 338 g/mol. The average molecular weight is 357 g/mol. The van der Waals surface area contributed by atoms with Crippen molar-refractivity contribution >= 4 is 22.6 Å². The number of hydrogen-bond donors (Lipinski definition) is 2. The van der Waals surface area contributed by atoms with E-state index in [1.54, 1.807) is 24.3 Å². The van der Waals surface area contributed by atoms with E-state index in [1.807, 2.05) is 42.5 Å². The van der Waals surface area contributed by atoms with Crippen LogP contribution in [0.25, 0.3) is 10.8 Å². The molecule has 5 heteroatoms. The maximum absolute atomic E-state index is 12.2. The molecule has 3 aromatic rings. The van der Waals surface area contributed by atoms with E-state index in [0.29, 0.717) is 17.7 Å². The zero-order chi connectivity index (χ0) is 19.1. The zero-order valence-corrected chi connectivity index (χ0v) is 14.7. The van der Waals surface area contributed by atoms with E-state index in [2.05, 4.69) is 16.7 Å². The lowest BCUT2D eigenvalue weighted by Gasteiger charge is -2.08. The Kier molecular flexibility index (Phi) is 5.80. The predicted octanol–water partition coefficient (Wildman–Crippen LogP) is 3.15. The molecular formula is C22H19N3O2. The normalized spacial score (nSPS) is 10.2. The van der Waals surface area contributed by atoms with Gasteiger partial charge in [0, 0.05) is 25.1 Å². The van der Waals surface area contributed by atoms with Crippen LogP contribution in [0.4, 0.5) is 0 Å². The summed E-state index contributed by atoms with van der Waals surface area (Å²) in [4.78, 5) is 24.2. The van der Waals surface area contributed by atoms with Crippen LogP contribution in [0.1, 0.15) is 27.9 Å². The first-order valence-electron chi connectivity index (χ1n) is 8.68. The van der Waals surface area contributed by atoms with E-state index < -0.39 is 0 Å². The molecule has 0 spiro atoms. The summed E-state index contributed by atoms with van der Waals surface area (Å²) in [7, 11) is 0. The summed E-state index contributed by atoms with van der Waals surface area (Å²) in [5.41, 5.74) is 1.99. The number of nitriles is 1. The second kappa shape index (κ2) is 8.63. The number of rotatable bonds is 6. The van der Waals surface area contributed by atoms with E-state index in [-0.39, 0.29) is 24.8 Å². The minimum atomic E-state index is -0.199. The molecule has 0 bridgehead atoms. The Labute approximate surface area is 157 Å². The summed E-state index contributed by atoms with van der Waals surface area (Å²) < 4.78 is 0. The van der Waals surface area contributed by atoms with Crippen LogP contribution >= 0.6 is 0 Å². The summed E-state index contributed by atoms with van der Waals surface area (Å²) in [5, 5.41) is 16.5. The van der Waals surface area contributed by atoms with Crippen molar-refractivity contribution in [2.75, 3.05) is 6.54 Å². The highest BCUT2D eigenvalue weighted by atomic mass is 16.2. The van der Waals surface area contributed by atoms with Crippen molar-refractivity contribution in [3.63, 3.8) is 0 Å². The van der Waals surface area contributed by atoms with Gasteiger partial charge >= 0.3 is 0 Å². The number of fused-ring (bicyclic) bond motifs is 1. The quantitative estimate of drug-likeness (QED) is 0.711. The highest BCUT2D eigenvalue weighted by molar-refractivity contribution is 5.98. The minimum Gasteiger partial charge on any atom is -0.352 e. The molecule has 0 atom stereocenters. The van der Waals surface area contributed by atoms with Crippen molar-refractivity contribution in [1.29, 1.82) is 5.26 Å². The van der Waals surface area contributed by atoms with Gasteiger partial charge in [0.2, 0.25) is 5.91 Å². The lowest BCUT2D eigenvalue weighted by atomic mass is 10.1. The molecule has 0 aliphatic heterocycles. The molecule has 0 heterocycles. The fourth-order valence-corrected chi connectivity index (χ4v) is 2.76. The van der Waals surface area contributed by atoms with Crippen LogP contribution in [0, 0.1) is 11.3 Å². The molecule has 5 nitrogen and oxygen atoms in total. The highest BCUT2D eigenvalue weighted by Gasteiger charge is 2.07. The van der Waals surface area contributed by atoms with Crippen molar-refractivity contribution in [2.45, 2.75) is 13.0 Å². The summed E-state index contributed by atoms with van der Waals surface area (Å²) in [6.45, 7) is 0.614. The Morgan fingerprint density at radius 3 is 2.52 bits per heavy atom. The standard InChI is InChI=1S/C22H19N3O2/c23-14-16-4-3-5-17(12-16)15-25-21(26)10-11-24-22(27)20-9-8-18-6-1-2-7-19(18)13-20/h1-9,12-13H,10-11,15H2,(H,24,27)(H,25,26). The maximum Gasteiger partial charge on any atom is 0.251 e. The number of benzene rings is 3. The predicted molar refractivity (Wildman–Crippen MR) is 104 cm³/mol. The topological polar surface area (TPSA) is 82.0 Å². The number of nitrogens with zero attached hydrogens (tertiary/aromatic N) is 1. The summed E-state index contributed by atoms with van der Waals surface area (Å²) in [6.07, 6.45) is 0.192. The van der Waals surface area contributed by atoms with Gasteiger partial charge < -0.3 is 10.6 Å². The maximum atomic E-state index is 12.2. The van der Waals surface area contributed by atoms with Gasteiger partial charge in [-0.25, -0.2) is 0 Å². The van der Waals surface area contributed by atoms with Crippen LogP contribution in [-0.4, -0.2) is 18.4 Å². The monoisotopic (exact) mass is 357 g/mol. The van der Waals surface area contributed by atoms with Crippen LogP contribution < -0.4 is 10.6 Å². The second-order valence-corrected chi connectivity index (χ2v) is 6.16.